The maximum atomic E-state index is 16.7. The Bertz CT molecular complexity index is 1710. The van der Waals surface area contributed by atoms with E-state index in [1.807, 2.05) is 30.3 Å². The lowest BCUT2D eigenvalue weighted by molar-refractivity contribution is -0.165. The third-order valence-electron chi connectivity index (χ3n) is 9.01. The molecule has 0 N–H and O–H groups in total. The van der Waals surface area contributed by atoms with Crippen LogP contribution in [0.5, 0.6) is 11.5 Å². The summed E-state index contributed by atoms with van der Waals surface area (Å²) in [5, 5.41) is -0.400. The van der Waals surface area contributed by atoms with Crippen LogP contribution in [0, 0.1) is 11.6 Å². The highest BCUT2D eigenvalue weighted by Crippen LogP contribution is 2.54. The monoisotopic (exact) mass is 699 g/mol. The predicted octanol–water partition coefficient (Wildman–Crippen LogP) is 7.83. The summed E-state index contributed by atoms with van der Waals surface area (Å²) >= 11 is 6.68. The molecule has 0 aliphatic carbocycles. The number of methoxy groups -OCH3 is 1. The van der Waals surface area contributed by atoms with Gasteiger partial charge in [-0.3, -0.25) is 0 Å². The third-order valence-corrected chi connectivity index (χ3v) is 9.38. The summed E-state index contributed by atoms with van der Waals surface area (Å²) in [6.45, 7) is 6.53. The number of carbonyl (C=O) groups excluding carboxylic acids is 2. The minimum atomic E-state index is -1.21. The van der Waals surface area contributed by atoms with Crippen molar-refractivity contribution in [3.05, 3.63) is 81.9 Å². The van der Waals surface area contributed by atoms with Crippen molar-refractivity contribution < 1.29 is 46.8 Å². The fourth-order valence-electron chi connectivity index (χ4n) is 6.70. The van der Waals surface area contributed by atoms with Crippen molar-refractivity contribution in [3.63, 3.8) is 0 Å². The van der Waals surface area contributed by atoms with Crippen LogP contribution in [0.15, 0.2) is 48.5 Å². The second kappa shape index (κ2) is 14.1. The number of nitrogens with zero attached hydrogens (tertiary/aromatic N) is 1. The summed E-state index contributed by atoms with van der Waals surface area (Å²) in [6, 6.07) is 12.6. The standard InChI is InChI=1S/C37H40ClF2NO8/c1-36(2,3)49-35(43)41-16-15-28(41)37(22-10-6-5-7-11-22)21-24-27(48-37)20-25(39)32(38)30(24)31-23(34(42)44-4)13-14-26(33(31)40)45-18-19-47-29-12-8-9-17-46-29/h5-7,10-11,13-14,20,28-29H,8-9,12,15-19,21H2,1-4H3. The van der Waals surface area contributed by atoms with Crippen LogP contribution in [-0.2, 0) is 31.0 Å². The highest BCUT2D eigenvalue weighted by Gasteiger charge is 2.56. The van der Waals surface area contributed by atoms with Gasteiger partial charge in [0.15, 0.2) is 23.5 Å². The number of hydrogen-bond acceptors (Lipinski definition) is 8. The number of halogens is 3. The maximum absolute atomic E-state index is 16.7. The van der Waals surface area contributed by atoms with Crippen molar-refractivity contribution in [2.24, 2.45) is 0 Å². The average molecular weight is 700 g/mol. The van der Waals surface area contributed by atoms with E-state index < -0.39 is 46.0 Å². The highest BCUT2D eigenvalue weighted by molar-refractivity contribution is 6.34. The van der Waals surface area contributed by atoms with E-state index in [0.717, 1.165) is 30.9 Å². The lowest BCUT2D eigenvalue weighted by Crippen LogP contribution is -2.63. The minimum absolute atomic E-state index is 0.00874. The summed E-state index contributed by atoms with van der Waals surface area (Å²) in [5.74, 6) is -2.73. The van der Waals surface area contributed by atoms with Gasteiger partial charge in [0.25, 0.3) is 0 Å². The van der Waals surface area contributed by atoms with Gasteiger partial charge in [0, 0.05) is 42.3 Å². The summed E-state index contributed by atoms with van der Waals surface area (Å²) in [6.07, 6.45) is 2.51. The molecule has 3 atom stereocenters. The molecule has 1 amide bonds. The predicted molar refractivity (Wildman–Crippen MR) is 177 cm³/mol. The lowest BCUT2D eigenvalue weighted by atomic mass is 9.76. The summed E-state index contributed by atoms with van der Waals surface area (Å²) in [4.78, 5) is 28.0. The Morgan fingerprint density at radius 1 is 1.04 bits per heavy atom. The van der Waals surface area contributed by atoms with Crippen molar-refractivity contribution in [2.45, 2.75) is 76.4 Å². The van der Waals surface area contributed by atoms with Crippen LogP contribution in [0.1, 0.15) is 67.9 Å². The molecular weight excluding hydrogens is 660 g/mol. The average Bonchev–Trinajstić information content (AvgIpc) is 3.42. The van der Waals surface area contributed by atoms with Gasteiger partial charge >= 0.3 is 12.1 Å². The molecule has 49 heavy (non-hydrogen) atoms. The molecule has 9 nitrogen and oxygen atoms in total. The maximum Gasteiger partial charge on any atom is 0.410 e. The molecule has 0 bridgehead atoms. The molecular formula is C37H40ClF2NO8. The van der Waals surface area contributed by atoms with E-state index in [1.165, 1.54) is 19.2 Å². The quantitative estimate of drug-likeness (QED) is 0.165. The molecule has 0 aromatic heterocycles. The van der Waals surface area contributed by atoms with E-state index in [-0.39, 0.29) is 54.1 Å². The fraction of sp³-hybridized carbons (Fsp3) is 0.459. The van der Waals surface area contributed by atoms with Gasteiger partial charge in [-0.15, -0.1) is 0 Å². The molecule has 262 valence electrons. The van der Waals surface area contributed by atoms with E-state index >= 15 is 8.78 Å². The van der Waals surface area contributed by atoms with Gasteiger partial charge in [-0.1, -0.05) is 41.9 Å². The van der Waals surface area contributed by atoms with Crippen LogP contribution in [0.4, 0.5) is 13.6 Å². The first-order valence-corrected chi connectivity index (χ1v) is 16.8. The lowest BCUT2D eigenvalue weighted by Gasteiger charge is -2.50. The van der Waals surface area contributed by atoms with Gasteiger partial charge in [-0.05, 0) is 64.2 Å². The number of fused-ring (bicyclic) bond motifs is 1. The van der Waals surface area contributed by atoms with Crippen molar-refractivity contribution in [1.82, 2.24) is 4.90 Å². The Morgan fingerprint density at radius 3 is 2.47 bits per heavy atom. The van der Waals surface area contributed by atoms with E-state index in [9.17, 15) is 9.59 Å². The second-order valence-corrected chi connectivity index (χ2v) is 13.7. The molecule has 2 saturated heterocycles. The normalized spacial score (nSPS) is 21.7. The topological polar surface area (TPSA) is 92.8 Å². The number of hydrogen-bond donors (Lipinski definition) is 0. The van der Waals surface area contributed by atoms with Gasteiger partial charge in [0.05, 0.1) is 30.3 Å². The van der Waals surface area contributed by atoms with Crippen molar-refractivity contribution in [1.29, 1.82) is 0 Å². The Kier molecular flexibility index (Phi) is 10.1. The number of amides is 1. The SMILES string of the molecule is COC(=O)c1ccc(OCCOC2CCCCO2)c(F)c1-c1c(Cl)c(F)cc2c1CC(c1ccccc1)(C1CCN1C(=O)OC(C)(C)C)O2. The molecule has 3 heterocycles. The molecule has 6 rings (SSSR count). The second-order valence-electron chi connectivity index (χ2n) is 13.3. The molecule has 2 fully saturated rings. The molecule has 3 aromatic rings. The molecule has 3 aliphatic rings. The number of rotatable bonds is 9. The number of ether oxygens (including phenoxy) is 6. The summed E-state index contributed by atoms with van der Waals surface area (Å²) in [5.41, 5.74) is -1.38. The molecule has 3 unspecified atom stereocenters. The van der Waals surface area contributed by atoms with Gasteiger partial charge in [0.2, 0.25) is 0 Å². The van der Waals surface area contributed by atoms with Gasteiger partial charge in [-0.25, -0.2) is 18.4 Å². The summed E-state index contributed by atoms with van der Waals surface area (Å²) in [7, 11) is 1.17. The molecule has 3 aliphatic heterocycles. The largest absolute Gasteiger partial charge is 0.488 e. The molecule has 3 aromatic carbocycles. The minimum Gasteiger partial charge on any atom is -0.488 e. The zero-order chi connectivity index (χ0) is 34.9. The molecule has 0 saturated carbocycles. The Balaban J connectivity index is 1.40. The van der Waals surface area contributed by atoms with Crippen LogP contribution >= 0.6 is 11.6 Å². The highest BCUT2D eigenvalue weighted by atomic mass is 35.5. The van der Waals surface area contributed by atoms with Crippen molar-refractivity contribution >= 4 is 23.7 Å². The van der Waals surface area contributed by atoms with Crippen LogP contribution in [0.25, 0.3) is 11.1 Å². The zero-order valence-corrected chi connectivity index (χ0v) is 28.7. The van der Waals surface area contributed by atoms with E-state index in [4.69, 9.17) is 40.0 Å². The van der Waals surface area contributed by atoms with Gasteiger partial charge in [0.1, 0.15) is 23.8 Å². The van der Waals surface area contributed by atoms with E-state index in [0.29, 0.717) is 25.1 Å². The van der Waals surface area contributed by atoms with Gasteiger partial charge < -0.3 is 33.3 Å². The van der Waals surface area contributed by atoms with E-state index in [1.54, 1.807) is 25.7 Å². The number of likely N-dealkylation sites (tertiary alicyclic amines) is 1. The molecule has 12 heteroatoms. The zero-order valence-electron chi connectivity index (χ0n) is 28.0. The Hall–Kier alpha value is -3.93. The van der Waals surface area contributed by atoms with Crippen LogP contribution in [-0.4, -0.2) is 68.4 Å². The molecule has 0 radical (unpaired) electrons. The first-order valence-electron chi connectivity index (χ1n) is 16.5. The first-order chi connectivity index (χ1) is 23.4. The van der Waals surface area contributed by atoms with Crippen LogP contribution < -0.4 is 9.47 Å². The van der Waals surface area contributed by atoms with Crippen LogP contribution in [0.3, 0.4) is 0 Å². The van der Waals surface area contributed by atoms with Crippen molar-refractivity contribution in [2.75, 3.05) is 33.5 Å². The fourth-order valence-corrected chi connectivity index (χ4v) is 6.96. The Labute approximate surface area is 289 Å². The van der Waals surface area contributed by atoms with E-state index in [2.05, 4.69) is 0 Å². The van der Waals surface area contributed by atoms with Gasteiger partial charge in [-0.2, -0.15) is 0 Å². The number of benzene rings is 3. The number of esters is 1. The van der Waals surface area contributed by atoms with Crippen molar-refractivity contribution in [3.8, 4) is 22.6 Å². The first kappa shape index (κ1) is 34.9. The number of carbonyl (C=O) groups is 2. The van der Waals surface area contributed by atoms with Crippen LogP contribution in [0.2, 0.25) is 5.02 Å². The Morgan fingerprint density at radius 2 is 1.82 bits per heavy atom. The smallest absolute Gasteiger partial charge is 0.410 e. The molecule has 0 spiro atoms. The summed E-state index contributed by atoms with van der Waals surface area (Å²) < 4.78 is 66.8. The third kappa shape index (κ3) is 6.93.